The van der Waals surface area contributed by atoms with E-state index in [-0.39, 0.29) is 17.2 Å². The number of carbonyl (C=O) groups excluding carboxylic acids is 3. The number of ether oxygens (including phenoxy) is 2. The summed E-state index contributed by atoms with van der Waals surface area (Å²) in [6.07, 6.45) is 2.68. The number of nitrogens with one attached hydrogen (secondary N) is 1. The minimum Gasteiger partial charge on any atom is -0.497 e. The van der Waals surface area contributed by atoms with Crippen LogP contribution >= 0.6 is 0 Å². The molecule has 0 fully saturated rings. The molecule has 0 saturated heterocycles. The quantitative estimate of drug-likeness (QED) is 0.459. The third kappa shape index (κ3) is 6.07. The van der Waals surface area contributed by atoms with Crippen molar-refractivity contribution in [1.82, 2.24) is 0 Å². The third-order valence-electron chi connectivity index (χ3n) is 3.44. The third-order valence-corrected chi connectivity index (χ3v) is 3.44. The molecular formula is C20H18FNO5. The van der Waals surface area contributed by atoms with Gasteiger partial charge in [0.2, 0.25) is 11.7 Å². The maximum absolute atomic E-state index is 14.0. The Hall–Kier alpha value is -3.48. The normalized spacial score (nSPS) is 10.5. The molecule has 7 heteroatoms. The average Bonchev–Trinajstić information content (AvgIpc) is 2.64. The van der Waals surface area contributed by atoms with Crippen molar-refractivity contribution in [1.29, 1.82) is 0 Å². The largest absolute Gasteiger partial charge is 0.497 e. The Bertz CT molecular complexity index is 892. The number of ketones is 1. The molecule has 0 bridgehead atoms. The van der Waals surface area contributed by atoms with Crippen LogP contribution in [0.4, 0.5) is 10.1 Å². The van der Waals surface area contributed by atoms with Crippen LogP contribution in [0.25, 0.3) is 6.08 Å². The molecule has 2 aromatic rings. The van der Waals surface area contributed by atoms with E-state index in [1.807, 2.05) is 0 Å². The number of amides is 1. The fraction of sp³-hybridized carbons (Fsp3) is 0.150. The van der Waals surface area contributed by atoms with Gasteiger partial charge in [-0.25, -0.2) is 9.18 Å². The number of benzene rings is 2. The molecule has 1 N–H and O–H groups in total. The van der Waals surface area contributed by atoms with E-state index in [2.05, 4.69) is 5.32 Å². The monoisotopic (exact) mass is 371 g/mol. The van der Waals surface area contributed by atoms with Crippen molar-refractivity contribution in [2.24, 2.45) is 0 Å². The Balaban J connectivity index is 1.93. The first-order valence-corrected chi connectivity index (χ1v) is 7.98. The van der Waals surface area contributed by atoms with Crippen LogP contribution < -0.4 is 10.1 Å². The zero-order chi connectivity index (χ0) is 19.8. The van der Waals surface area contributed by atoms with Crippen molar-refractivity contribution < 1.29 is 28.2 Å². The first-order valence-electron chi connectivity index (χ1n) is 7.98. The molecule has 0 aromatic heterocycles. The second kappa shape index (κ2) is 9.28. The number of carbonyl (C=O) groups is 3. The van der Waals surface area contributed by atoms with E-state index in [1.165, 1.54) is 32.2 Å². The summed E-state index contributed by atoms with van der Waals surface area (Å²) in [5.41, 5.74) is 0.723. The van der Waals surface area contributed by atoms with Crippen molar-refractivity contribution in [3.63, 3.8) is 0 Å². The van der Waals surface area contributed by atoms with Gasteiger partial charge in [-0.3, -0.25) is 9.59 Å². The summed E-state index contributed by atoms with van der Waals surface area (Å²) in [6, 6.07) is 10.7. The first kappa shape index (κ1) is 19.8. The summed E-state index contributed by atoms with van der Waals surface area (Å²) >= 11 is 0. The predicted octanol–water partition coefficient (Wildman–Crippen LogP) is 3.23. The minimum absolute atomic E-state index is 0.228. The SMILES string of the molecule is COc1cccc(/C=C/C(=O)OCC(=O)c2ccc(NC(C)=O)cc2F)c1. The lowest BCUT2D eigenvalue weighted by Gasteiger charge is -2.06. The van der Waals surface area contributed by atoms with Crippen molar-refractivity contribution >= 4 is 29.4 Å². The van der Waals surface area contributed by atoms with Crippen molar-refractivity contribution in [3.05, 3.63) is 65.5 Å². The Labute approximate surface area is 155 Å². The van der Waals surface area contributed by atoms with E-state index < -0.39 is 24.2 Å². The number of rotatable bonds is 7. The van der Waals surface area contributed by atoms with E-state index in [4.69, 9.17) is 9.47 Å². The maximum atomic E-state index is 14.0. The van der Waals surface area contributed by atoms with E-state index in [0.717, 1.165) is 17.7 Å². The molecule has 0 unspecified atom stereocenters. The lowest BCUT2D eigenvalue weighted by molar-refractivity contribution is -0.136. The summed E-state index contributed by atoms with van der Waals surface area (Å²) in [7, 11) is 1.53. The number of hydrogen-bond acceptors (Lipinski definition) is 5. The van der Waals surface area contributed by atoms with Crippen LogP contribution in [0.1, 0.15) is 22.8 Å². The number of methoxy groups -OCH3 is 1. The van der Waals surface area contributed by atoms with Gasteiger partial charge >= 0.3 is 5.97 Å². The van der Waals surface area contributed by atoms with Gasteiger partial charge in [-0.15, -0.1) is 0 Å². The Morgan fingerprint density at radius 3 is 2.59 bits per heavy atom. The molecule has 0 atom stereocenters. The molecule has 0 aliphatic heterocycles. The fourth-order valence-electron chi connectivity index (χ4n) is 2.19. The summed E-state index contributed by atoms with van der Waals surface area (Å²) < 4.78 is 23.9. The van der Waals surface area contributed by atoms with Crippen LogP contribution in [-0.4, -0.2) is 31.4 Å². The standard InChI is InChI=1S/C20H18FNO5/c1-13(23)22-15-7-8-17(18(21)11-15)19(24)12-27-20(25)9-6-14-4-3-5-16(10-14)26-2/h3-11H,12H2,1-2H3,(H,22,23)/b9-6+. The van der Waals surface area contributed by atoms with Gasteiger partial charge in [0.05, 0.1) is 12.7 Å². The number of esters is 1. The highest BCUT2D eigenvalue weighted by Crippen LogP contribution is 2.16. The summed E-state index contributed by atoms with van der Waals surface area (Å²) in [6.45, 7) is 0.688. The summed E-state index contributed by atoms with van der Waals surface area (Å²) in [5, 5.41) is 2.41. The molecule has 0 saturated carbocycles. The van der Waals surface area contributed by atoms with Crippen molar-refractivity contribution in [2.45, 2.75) is 6.92 Å². The van der Waals surface area contributed by atoms with E-state index in [1.54, 1.807) is 24.3 Å². The Kier molecular flexibility index (Phi) is 6.82. The average molecular weight is 371 g/mol. The van der Waals surface area contributed by atoms with Gasteiger partial charge in [0, 0.05) is 18.7 Å². The molecule has 2 aromatic carbocycles. The van der Waals surface area contributed by atoms with Crippen molar-refractivity contribution in [3.8, 4) is 5.75 Å². The fourth-order valence-corrected chi connectivity index (χ4v) is 2.19. The highest BCUT2D eigenvalue weighted by Gasteiger charge is 2.14. The molecule has 27 heavy (non-hydrogen) atoms. The van der Waals surface area contributed by atoms with Crippen LogP contribution in [-0.2, 0) is 14.3 Å². The molecule has 6 nitrogen and oxygen atoms in total. The van der Waals surface area contributed by atoms with Crippen LogP contribution in [0, 0.1) is 5.82 Å². The van der Waals surface area contributed by atoms with Gasteiger partial charge in [0.25, 0.3) is 0 Å². The number of Topliss-reactive ketones (excluding diaryl/α,β-unsaturated/α-hetero) is 1. The van der Waals surface area contributed by atoms with E-state index in [0.29, 0.717) is 5.75 Å². The molecule has 0 spiro atoms. The zero-order valence-electron chi connectivity index (χ0n) is 14.8. The summed E-state index contributed by atoms with van der Waals surface area (Å²) in [4.78, 5) is 34.7. The molecule has 0 aliphatic rings. The lowest BCUT2D eigenvalue weighted by Crippen LogP contribution is -2.14. The van der Waals surface area contributed by atoms with Crippen molar-refractivity contribution in [2.75, 3.05) is 19.0 Å². The van der Waals surface area contributed by atoms with E-state index in [9.17, 15) is 18.8 Å². The van der Waals surface area contributed by atoms with Gasteiger partial charge < -0.3 is 14.8 Å². The highest BCUT2D eigenvalue weighted by molar-refractivity contribution is 5.99. The van der Waals surface area contributed by atoms with Gasteiger partial charge in [-0.1, -0.05) is 12.1 Å². The lowest BCUT2D eigenvalue weighted by atomic mass is 10.1. The first-order chi connectivity index (χ1) is 12.9. The van der Waals surface area contributed by atoms with Gasteiger partial charge in [-0.2, -0.15) is 0 Å². The molecule has 2 rings (SSSR count). The van der Waals surface area contributed by atoms with Crippen LogP contribution in [0.3, 0.4) is 0 Å². The number of anilines is 1. The highest BCUT2D eigenvalue weighted by atomic mass is 19.1. The van der Waals surface area contributed by atoms with Crippen LogP contribution in [0.2, 0.25) is 0 Å². The minimum atomic E-state index is -0.811. The molecule has 0 radical (unpaired) electrons. The Morgan fingerprint density at radius 1 is 1.15 bits per heavy atom. The number of hydrogen-bond donors (Lipinski definition) is 1. The smallest absolute Gasteiger partial charge is 0.331 e. The topological polar surface area (TPSA) is 81.7 Å². The molecule has 1 amide bonds. The van der Waals surface area contributed by atoms with Gasteiger partial charge in [-0.05, 0) is 42.0 Å². The van der Waals surface area contributed by atoms with Crippen LogP contribution in [0.5, 0.6) is 5.75 Å². The Morgan fingerprint density at radius 2 is 1.93 bits per heavy atom. The molecule has 140 valence electrons. The second-order valence-electron chi connectivity index (χ2n) is 5.52. The predicted molar refractivity (Wildman–Crippen MR) is 98.0 cm³/mol. The molecule has 0 aliphatic carbocycles. The molecule has 0 heterocycles. The molecular weight excluding hydrogens is 353 g/mol. The van der Waals surface area contributed by atoms with Gasteiger partial charge in [0.1, 0.15) is 11.6 Å². The van der Waals surface area contributed by atoms with Crippen LogP contribution in [0.15, 0.2) is 48.5 Å². The second-order valence-corrected chi connectivity index (χ2v) is 5.52. The van der Waals surface area contributed by atoms with Gasteiger partial charge in [0.15, 0.2) is 6.61 Å². The maximum Gasteiger partial charge on any atom is 0.331 e. The van der Waals surface area contributed by atoms with E-state index >= 15 is 0 Å². The summed E-state index contributed by atoms with van der Waals surface area (Å²) in [5.74, 6) is -1.95. The number of halogens is 1. The zero-order valence-corrected chi connectivity index (χ0v) is 14.8.